The van der Waals surface area contributed by atoms with Crippen molar-refractivity contribution in [3.8, 4) is 6.07 Å². The molecule has 1 aliphatic heterocycles. The molecular formula is C17H18ClN5. The second-order valence-corrected chi connectivity index (χ2v) is 6.17. The van der Waals surface area contributed by atoms with Crippen molar-refractivity contribution in [2.75, 3.05) is 18.4 Å². The summed E-state index contributed by atoms with van der Waals surface area (Å²) in [5.74, 6) is 0.736. The zero-order valence-corrected chi connectivity index (χ0v) is 13.5. The molecule has 0 aliphatic carbocycles. The number of likely N-dealkylation sites (tertiary alicyclic amines) is 1. The molecule has 1 aromatic heterocycles. The Labute approximate surface area is 140 Å². The van der Waals surface area contributed by atoms with Gasteiger partial charge in [0, 0.05) is 30.7 Å². The van der Waals surface area contributed by atoms with Crippen LogP contribution in [0.25, 0.3) is 0 Å². The molecule has 2 heterocycles. The zero-order chi connectivity index (χ0) is 16.1. The molecule has 0 bridgehead atoms. The Morgan fingerprint density at radius 2 is 1.87 bits per heavy atom. The molecule has 1 saturated heterocycles. The van der Waals surface area contributed by atoms with Gasteiger partial charge in [0.2, 0.25) is 0 Å². The molecule has 6 heteroatoms. The molecule has 118 valence electrons. The Balaban J connectivity index is 1.48. The number of nitrogens with zero attached hydrogens (tertiary/aromatic N) is 4. The van der Waals surface area contributed by atoms with E-state index in [-0.39, 0.29) is 0 Å². The third kappa shape index (κ3) is 4.41. The number of piperidine rings is 1. The molecular weight excluding hydrogens is 310 g/mol. The summed E-state index contributed by atoms with van der Waals surface area (Å²) < 4.78 is 0. The van der Waals surface area contributed by atoms with E-state index in [0.29, 0.717) is 11.7 Å². The average molecular weight is 328 g/mol. The number of aromatic nitrogens is 2. The van der Waals surface area contributed by atoms with E-state index in [4.69, 9.17) is 16.9 Å². The fraction of sp³-hybridized carbons (Fsp3) is 0.353. The van der Waals surface area contributed by atoms with Crippen molar-refractivity contribution in [3.63, 3.8) is 0 Å². The van der Waals surface area contributed by atoms with Crippen molar-refractivity contribution in [1.82, 2.24) is 15.1 Å². The summed E-state index contributed by atoms with van der Waals surface area (Å²) >= 11 is 5.92. The third-order valence-electron chi connectivity index (χ3n) is 4.04. The molecule has 0 amide bonds. The van der Waals surface area contributed by atoms with Crippen molar-refractivity contribution in [3.05, 3.63) is 52.7 Å². The van der Waals surface area contributed by atoms with Gasteiger partial charge in [0.25, 0.3) is 0 Å². The molecule has 1 fully saturated rings. The molecule has 2 aromatic rings. The van der Waals surface area contributed by atoms with Gasteiger partial charge in [-0.05, 0) is 42.7 Å². The highest BCUT2D eigenvalue weighted by atomic mass is 35.5. The maximum Gasteiger partial charge on any atom is 0.163 e. The highest BCUT2D eigenvalue weighted by Gasteiger charge is 2.19. The maximum atomic E-state index is 8.73. The fourth-order valence-corrected chi connectivity index (χ4v) is 2.89. The first-order valence-corrected chi connectivity index (χ1v) is 8.08. The molecule has 23 heavy (non-hydrogen) atoms. The molecule has 3 rings (SSSR count). The Morgan fingerprint density at radius 1 is 1.13 bits per heavy atom. The third-order valence-corrected chi connectivity index (χ3v) is 4.29. The van der Waals surface area contributed by atoms with Crippen LogP contribution in [0.3, 0.4) is 0 Å². The van der Waals surface area contributed by atoms with E-state index < -0.39 is 0 Å². The number of benzene rings is 1. The molecule has 5 nitrogen and oxygen atoms in total. The average Bonchev–Trinajstić information content (AvgIpc) is 2.59. The van der Waals surface area contributed by atoms with Gasteiger partial charge in [-0.25, -0.2) is 0 Å². The van der Waals surface area contributed by atoms with Gasteiger partial charge in [0.05, 0.1) is 0 Å². The van der Waals surface area contributed by atoms with E-state index in [1.807, 2.05) is 24.3 Å². The summed E-state index contributed by atoms with van der Waals surface area (Å²) in [5, 5.41) is 20.8. The number of hydrogen-bond acceptors (Lipinski definition) is 5. The zero-order valence-electron chi connectivity index (χ0n) is 12.7. The number of nitrogens with one attached hydrogen (secondary N) is 1. The van der Waals surface area contributed by atoms with E-state index >= 15 is 0 Å². The first-order valence-electron chi connectivity index (χ1n) is 7.70. The number of hydrogen-bond donors (Lipinski definition) is 1. The van der Waals surface area contributed by atoms with Crippen LogP contribution in [0.2, 0.25) is 5.02 Å². The SMILES string of the molecule is N#Cc1ccc(NC2CCN(Cc3ccc(Cl)cc3)CC2)nn1. The summed E-state index contributed by atoms with van der Waals surface area (Å²) in [6, 6.07) is 13.9. The Bertz CT molecular complexity index is 670. The van der Waals surface area contributed by atoms with Crippen LogP contribution in [0, 0.1) is 11.3 Å². The minimum Gasteiger partial charge on any atom is -0.366 e. The van der Waals surface area contributed by atoms with Gasteiger partial charge in [-0.15, -0.1) is 10.2 Å². The van der Waals surface area contributed by atoms with Gasteiger partial charge in [0.15, 0.2) is 5.69 Å². The number of nitriles is 1. The monoisotopic (exact) mass is 327 g/mol. The minimum atomic E-state index is 0.341. The molecule has 0 unspecified atom stereocenters. The number of rotatable bonds is 4. The minimum absolute atomic E-state index is 0.341. The lowest BCUT2D eigenvalue weighted by atomic mass is 10.0. The Kier molecular flexibility index (Phi) is 5.06. The van der Waals surface area contributed by atoms with E-state index in [2.05, 4.69) is 32.5 Å². The molecule has 0 radical (unpaired) electrons. The van der Waals surface area contributed by atoms with Crippen LogP contribution < -0.4 is 5.32 Å². The smallest absolute Gasteiger partial charge is 0.163 e. The highest BCUT2D eigenvalue weighted by molar-refractivity contribution is 6.30. The van der Waals surface area contributed by atoms with Crippen LogP contribution >= 0.6 is 11.6 Å². The van der Waals surface area contributed by atoms with E-state index in [9.17, 15) is 0 Å². The second kappa shape index (κ2) is 7.40. The molecule has 1 aliphatic rings. The molecule has 0 saturated carbocycles. The maximum absolute atomic E-state index is 8.73. The van der Waals surface area contributed by atoms with Gasteiger partial charge < -0.3 is 5.32 Å². The number of anilines is 1. The summed E-state index contributed by atoms with van der Waals surface area (Å²) in [5.41, 5.74) is 1.63. The summed E-state index contributed by atoms with van der Waals surface area (Å²) in [7, 11) is 0. The van der Waals surface area contributed by atoms with Crippen LogP contribution in [-0.2, 0) is 6.54 Å². The topological polar surface area (TPSA) is 64.8 Å². The van der Waals surface area contributed by atoms with E-state index in [1.54, 1.807) is 6.07 Å². The van der Waals surface area contributed by atoms with Crippen LogP contribution in [0.1, 0.15) is 24.1 Å². The quantitative estimate of drug-likeness (QED) is 0.934. The Morgan fingerprint density at radius 3 is 2.48 bits per heavy atom. The summed E-state index contributed by atoms with van der Waals surface area (Å²) in [4.78, 5) is 2.45. The van der Waals surface area contributed by atoms with Crippen molar-refractivity contribution < 1.29 is 0 Å². The lowest BCUT2D eigenvalue weighted by Crippen LogP contribution is -2.38. The number of halogens is 1. The molecule has 1 N–H and O–H groups in total. The van der Waals surface area contributed by atoms with Gasteiger partial charge in [-0.3, -0.25) is 4.90 Å². The standard InChI is InChI=1S/C17H18ClN5/c18-14-3-1-13(2-4-14)12-23-9-7-15(8-10-23)20-17-6-5-16(11-19)21-22-17/h1-6,15H,7-10,12H2,(H,20,22). The highest BCUT2D eigenvalue weighted by Crippen LogP contribution is 2.18. The normalized spacial score (nSPS) is 16.0. The van der Waals surface area contributed by atoms with Gasteiger partial charge >= 0.3 is 0 Å². The van der Waals surface area contributed by atoms with Gasteiger partial charge in [-0.1, -0.05) is 23.7 Å². The predicted octanol–water partition coefficient (Wildman–Crippen LogP) is 3.08. The largest absolute Gasteiger partial charge is 0.366 e. The van der Waals surface area contributed by atoms with Gasteiger partial charge in [-0.2, -0.15) is 5.26 Å². The Hall–Kier alpha value is -2.16. The van der Waals surface area contributed by atoms with E-state index in [0.717, 1.165) is 43.3 Å². The van der Waals surface area contributed by atoms with Crippen LogP contribution in [0.15, 0.2) is 36.4 Å². The van der Waals surface area contributed by atoms with Crippen molar-refractivity contribution in [2.45, 2.75) is 25.4 Å². The molecule has 0 spiro atoms. The van der Waals surface area contributed by atoms with Crippen LogP contribution in [0.4, 0.5) is 5.82 Å². The van der Waals surface area contributed by atoms with E-state index in [1.165, 1.54) is 5.56 Å². The van der Waals surface area contributed by atoms with Crippen molar-refractivity contribution in [1.29, 1.82) is 5.26 Å². The molecule has 0 atom stereocenters. The van der Waals surface area contributed by atoms with Crippen molar-refractivity contribution >= 4 is 17.4 Å². The first kappa shape index (κ1) is 15.7. The van der Waals surface area contributed by atoms with Gasteiger partial charge in [0.1, 0.15) is 11.9 Å². The predicted molar refractivity (Wildman–Crippen MR) is 90.1 cm³/mol. The van der Waals surface area contributed by atoms with Crippen molar-refractivity contribution in [2.24, 2.45) is 0 Å². The molecule has 1 aromatic carbocycles. The lowest BCUT2D eigenvalue weighted by Gasteiger charge is -2.32. The first-order chi connectivity index (χ1) is 11.2. The van der Waals surface area contributed by atoms with Crippen LogP contribution in [0.5, 0.6) is 0 Å². The lowest BCUT2D eigenvalue weighted by molar-refractivity contribution is 0.211. The second-order valence-electron chi connectivity index (χ2n) is 5.74. The summed E-state index contributed by atoms with van der Waals surface area (Å²) in [6.45, 7) is 3.05. The van der Waals surface area contributed by atoms with Crippen LogP contribution in [-0.4, -0.2) is 34.2 Å². The fourth-order valence-electron chi connectivity index (χ4n) is 2.76. The summed E-state index contributed by atoms with van der Waals surface area (Å²) in [6.07, 6.45) is 2.13.